The van der Waals surface area contributed by atoms with Crippen molar-refractivity contribution < 1.29 is 18.3 Å². The normalized spacial score (nSPS) is 37.7. The van der Waals surface area contributed by atoms with Gasteiger partial charge in [-0.05, 0) is 18.8 Å². The molecule has 86 valence electrons. The lowest BCUT2D eigenvalue weighted by Gasteiger charge is -2.28. The van der Waals surface area contributed by atoms with Crippen LogP contribution in [-0.2, 0) is 9.53 Å². The molecule has 0 aliphatic carbocycles. The van der Waals surface area contributed by atoms with Gasteiger partial charge in [-0.25, -0.2) is 8.78 Å². The molecule has 0 amide bonds. The maximum absolute atomic E-state index is 13.3. The summed E-state index contributed by atoms with van der Waals surface area (Å²) in [5.74, 6) is -2.86. The number of alkyl halides is 2. The summed E-state index contributed by atoms with van der Waals surface area (Å²) in [4.78, 5) is 11.0. The van der Waals surface area contributed by atoms with Gasteiger partial charge < -0.3 is 10.1 Å². The van der Waals surface area contributed by atoms with E-state index in [1.807, 2.05) is 0 Å². The van der Waals surface area contributed by atoms with Crippen molar-refractivity contribution in [2.24, 2.45) is 5.92 Å². The van der Waals surface area contributed by atoms with Crippen molar-refractivity contribution in [2.45, 2.75) is 43.7 Å². The Labute approximate surface area is 87.2 Å². The average Bonchev–Trinajstić information content (AvgIpc) is 2.35. The fourth-order valence-electron chi connectivity index (χ4n) is 2.65. The third-order valence-corrected chi connectivity index (χ3v) is 3.34. The van der Waals surface area contributed by atoms with E-state index in [-0.39, 0.29) is 30.8 Å². The zero-order valence-electron chi connectivity index (χ0n) is 8.63. The van der Waals surface area contributed by atoms with Crippen LogP contribution in [0.2, 0.25) is 0 Å². The van der Waals surface area contributed by atoms with E-state index in [9.17, 15) is 13.6 Å². The van der Waals surface area contributed by atoms with Gasteiger partial charge >= 0.3 is 5.97 Å². The van der Waals surface area contributed by atoms with E-state index in [1.54, 1.807) is 0 Å². The highest BCUT2D eigenvalue weighted by atomic mass is 19.3. The molecule has 2 aliphatic rings. The minimum absolute atomic E-state index is 0.0436. The summed E-state index contributed by atoms with van der Waals surface area (Å²) in [7, 11) is 1.33. The second-order valence-electron chi connectivity index (χ2n) is 4.50. The molecule has 2 heterocycles. The molecule has 2 bridgehead atoms. The maximum atomic E-state index is 13.3. The van der Waals surface area contributed by atoms with Gasteiger partial charge in [0.2, 0.25) is 0 Å². The number of hydrogen-bond donors (Lipinski definition) is 1. The third-order valence-electron chi connectivity index (χ3n) is 3.34. The quantitative estimate of drug-likeness (QED) is 0.712. The molecule has 15 heavy (non-hydrogen) atoms. The van der Waals surface area contributed by atoms with E-state index in [1.165, 1.54) is 7.11 Å². The first kappa shape index (κ1) is 10.8. The molecule has 1 N–H and O–H groups in total. The highest BCUT2D eigenvalue weighted by Gasteiger charge is 2.52. The van der Waals surface area contributed by atoms with Gasteiger partial charge in [0.05, 0.1) is 13.2 Å². The predicted octanol–water partition coefficient (Wildman–Crippen LogP) is 1.33. The Morgan fingerprint density at radius 3 is 2.87 bits per heavy atom. The maximum Gasteiger partial charge on any atom is 0.305 e. The molecular formula is C10H15F2NO2. The van der Waals surface area contributed by atoms with E-state index < -0.39 is 12.0 Å². The Hall–Kier alpha value is -0.710. The van der Waals surface area contributed by atoms with Crippen LogP contribution in [0.15, 0.2) is 0 Å². The van der Waals surface area contributed by atoms with Crippen LogP contribution in [0.1, 0.15) is 25.7 Å². The van der Waals surface area contributed by atoms with Gasteiger partial charge in [-0.1, -0.05) is 0 Å². The molecule has 0 spiro atoms. The highest BCUT2D eigenvalue weighted by molar-refractivity contribution is 5.69. The molecule has 0 saturated carbocycles. The van der Waals surface area contributed by atoms with Crippen molar-refractivity contribution in [3.05, 3.63) is 0 Å². The zero-order valence-corrected chi connectivity index (χ0v) is 8.63. The number of esters is 1. The number of carbonyl (C=O) groups excluding carboxylic acids is 1. The van der Waals surface area contributed by atoms with Crippen LogP contribution in [0, 0.1) is 5.92 Å². The number of piperidine rings is 1. The average molecular weight is 219 g/mol. The van der Waals surface area contributed by atoms with E-state index in [2.05, 4.69) is 10.1 Å². The number of fused-ring (bicyclic) bond motifs is 2. The van der Waals surface area contributed by atoms with Gasteiger partial charge in [-0.2, -0.15) is 0 Å². The second-order valence-corrected chi connectivity index (χ2v) is 4.50. The summed E-state index contributed by atoms with van der Waals surface area (Å²) >= 11 is 0. The molecule has 0 unspecified atom stereocenters. The summed E-state index contributed by atoms with van der Waals surface area (Å²) in [6, 6.07) is -0.876. The third kappa shape index (κ3) is 2.12. The second kappa shape index (κ2) is 3.70. The topological polar surface area (TPSA) is 38.3 Å². The van der Waals surface area contributed by atoms with Crippen molar-refractivity contribution in [1.82, 2.24) is 5.32 Å². The Balaban J connectivity index is 1.95. The van der Waals surface area contributed by atoms with Crippen LogP contribution in [0.5, 0.6) is 0 Å². The van der Waals surface area contributed by atoms with Crippen LogP contribution in [-0.4, -0.2) is 31.1 Å². The van der Waals surface area contributed by atoms with Crippen molar-refractivity contribution in [3.63, 3.8) is 0 Å². The summed E-state index contributed by atoms with van der Waals surface area (Å²) < 4.78 is 31.2. The largest absolute Gasteiger partial charge is 0.469 e. The molecule has 2 fully saturated rings. The molecule has 0 aromatic rings. The SMILES string of the molecule is COC(=O)C[C@H]1C[C@H]2CC(F)(F)[C@@H](C1)N2. The van der Waals surface area contributed by atoms with E-state index in [4.69, 9.17) is 0 Å². The standard InChI is InChI=1S/C10H15F2NO2/c1-15-9(14)4-6-2-7-5-10(11,12)8(3-6)13-7/h6-8,13H,2-5H2,1H3/t6-,7-,8+/m0/s1. The number of methoxy groups -OCH3 is 1. The van der Waals surface area contributed by atoms with Crippen molar-refractivity contribution in [1.29, 1.82) is 0 Å². The van der Waals surface area contributed by atoms with Gasteiger partial charge in [0.25, 0.3) is 5.92 Å². The molecule has 0 aromatic heterocycles. The van der Waals surface area contributed by atoms with Crippen LogP contribution in [0.4, 0.5) is 8.78 Å². The minimum atomic E-state index is -2.60. The van der Waals surface area contributed by atoms with E-state index in [0.717, 1.165) is 0 Å². The van der Waals surface area contributed by atoms with Crippen molar-refractivity contribution in [2.75, 3.05) is 7.11 Å². The molecule has 3 atom stereocenters. The van der Waals surface area contributed by atoms with E-state index >= 15 is 0 Å². The molecule has 0 radical (unpaired) electrons. The lowest BCUT2D eigenvalue weighted by molar-refractivity contribution is -0.142. The van der Waals surface area contributed by atoms with Gasteiger partial charge in [0.1, 0.15) is 0 Å². The minimum Gasteiger partial charge on any atom is -0.469 e. The summed E-state index contributed by atoms with van der Waals surface area (Å²) in [5.41, 5.74) is 0. The lowest BCUT2D eigenvalue weighted by Crippen LogP contribution is -2.43. The first-order valence-corrected chi connectivity index (χ1v) is 5.22. The first-order chi connectivity index (χ1) is 7.01. The van der Waals surface area contributed by atoms with Gasteiger partial charge in [-0.3, -0.25) is 4.79 Å². The molecular weight excluding hydrogens is 204 g/mol. The Morgan fingerprint density at radius 1 is 1.53 bits per heavy atom. The fourth-order valence-corrected chi connectivity index (χ4v) is 2.65. The van der Waals surface area contributed by atoms with Gasteiger partial charge in [-0.15, -0.1) is 0 Å². The number of halogens is 2. The molecule has 5 heteroatoms. The monoisotopic (exact) mass is 219 g/mol. The Kier molecular flexibility index (Phi) is 2.66. The summed E-state index contributed by atoms with van der Waals surface area (Å²) in [6.07, 6.45) is 1.20. The predicted molar refractivity (Wildman–Crippen MR) is 49.6 cm³/mol. The number of hydrogen-bond acceptors (Lipinski definition) is 3. The van der Waals surface area contributed by atoms with Crippen LogP contribution >= 0.6 is 0 Å². The Morgan fingerprint density at radius 2 is 2.27 bits per heavy atom. The Bertz CT molecular complexity index is 270. The number of rotatable bonds is 2. The van der Waals surface area contributed by atoms with Crippen LogP contribution < -0.4 is 5.32 Å². The van der Waals surface area contributed by atoms with Crippen LogP contribution in [0.25, 0.3) is 0 Å². The number of nitrogens with one attached hydrogen (secondary N) is 1. The fraction of sp³-hybridized carbons (Fsp3) is 0.900. The number of ether oxygens (including phenoxy) is 1. The van der Waals surface area contributed by atoms with E-state index in [0.29, 0.717) is 12.8 Å². The molecule has 2 aliphatic heterocycles. The molecule has 2 rings (SSSR count). The first-order valence-electron chi connectivity index (χ1n) is 5.22. The van der Waals surface area contributed by atoms with Gasteiger partial charge in [0.15, 0.2) is 0 Å². The smallest absolute Gasteiger partial charge is 0.305 e. The number of carbonyl (C=O) groups is 1. The lowest BCUT2D eigenvalue weighted by atomic mass is 9.89. The highest BCUT2D eigenvalue weighted by Crippen LogP contribution is 2.42. The van der Waals surface area contributed by atoms with Crippen molar-refractivity contribution in [3.8, 4) is 0 Å². The molecule has 0 aromatic carbocycles. The summed E-state index contributed by atoms with van der Waals surface area (Å²) in [5, 5.41) is 2.90. The summed E-state index contributed by atoms with van der Waals surface area (Å²) in [6.45, 7) is 0. The van der Waals surface area contributed by atoms with Gasteiger partial charge in [0, 0.05) is 18.9 Å². The zero-order chi connectivity index (χ0) is 11.1. The van der Waals surface area contributed by atoms with Crippen molar-refractivity contribution >= 4 is 5.97 Å². The molecule has 2 saturated heterocycles. The molecule has 3 nitrogen and oxygen atoms in total. The van der Waals surface area contributed by atoms with Crippen LogP contribution in [0.3, 0.4) is 0 Å².